The van der Waals surface area contributed by atoms with Crippen molar-refractivity contribution in [3.05, 3.63) is 169 Å². The van der Waals surface area contributed by atoms with Crippen LogP contribution in [-0.2, 0) is 0 Å². The van der Waals surface area contributed by atoms with Crippen LogP contribution in [0.5, 0.6) is 0 Å². The Kier molecular flexibility index (Phi) is 6.18. The van der Waals surface area contributed by atoms with E-state index in [1.807, 2.05) is 11.3 Å². The van der Waals surface area contributed by atoms with Crippen molar-refractivity contribution >= 4 is 76.1 Å². The van der Waals surface area contributed by atoms with Crippen LogP contribution in [0.25, 0.3) is 92.6 Å². The van der Waals surface area contributed by atoms with E-state index in [0.717, 1.165) is 23.7 Å². The van der Waals surface area contributed by atoms with Crippen LogP contribution in [0.4, 0.5) is 5.82 Å². The Hall–Kier alpha value is -6.36. The van der Waals surface area contributed by atoms with Crippen molar-refractivity contribution < 1.29 is 0 Å². The minimum atomic E-state index is 0.824. The summed E-state index contributed by atoms with van der Waals surface area (Å²) in [5.74, 6) is 1.15. The molecular formula is C47H31N3S. The molecule has 1 N–H and O–H groups in total. The molecule has 0 radical (unpaired) electrons. The number of hydrogen-bond donors (Lipinski definition) is 1. The lowest BCUT2D eigenvalue weighted by molar-refractivity contribution is 1.10. The molecule has 0 saturated carbocycles. The fourth-order valence-corrected chi connectivity index (χ4v) is 9.49. The van der Waals surface area contributed by atoms with Crippen molar-refractivity contribution in [2.75, 3.05) is 11.9 Å². The molecule has 4 heteroatoms. The van der Waals surface area contributed by atoms with Gasteiger partial charge in [-0.15, -0.1) is 11.3 Å². The predicted molar refractivity (Wildman–Crippen MR) is 219 cm³/mol. The first-order valence-electron chi connectivity index (χ1n) is 17.5. The molecule has 1 aliphatic heterocycles. The minimum Gasteiger partial charge on any atom is -0.367 e. The molecule has 11 rings (SSSR count). The number of nitrogens with one attached hydrogen (secondary N) is 1. The molecule has 3 nitrogen and oxygen atoms in total. The number of benzene rings is 7. The second kappa shape index (κ2) is 11.1. The lowest BCUT2D eigenvalue weighted by Crippen LogP contribution is -2.08. The lowest BCUT2D eigenvalue weighted by atomic mass is 9.97. The Morgan fingerprint density at radius 3 is 2.04 bits per heavy atom. The number of rotatable bonds is 4. The first-order chi connectivity index (χ1) is 25.3. The van der Waals surface area contributed by atoms with Gasteiger partial charge in [-0.1, -0.05) is 115 Å². The number of hydrogen-bond acceptors (Lipinski definition) is 2. The highest BCUT2D eigenvalue weighted by Crippen LogP contribution is 2.42. The van der Waals surface area contributed by atoms with Gasteiger partial charge in [0.25, 0.3) is 0 Å². The molecule has 240 valence electrons. The van der Waals surface area contributed by atoms with Crippen LogP contribution in [0.2, 0.25) is 0 Å². The standard InChI is InChI=1S/C47H31N3S/c1-5-22-43-36(15-1)40-20-10-26-48-47(40)50(43)34-24-25-44-41(29-34)37-16-2-4-21-42(37)49(44)33-14-8-12-31(28-33)30-11-7-13-32(27-30)35-18-9-19-39-38-17-3-6-23-45(38)51-46(35)39/h1-25,27-29,48H,26H2. The third kappa shape index (κ3) is 4.30. The van der Waals surface area contributed by atoms with Crippen LogP contribution in [-0.4, -0.2) is 15.7 Å². The van der Waals surface area contributed by atoms with Crippen LogP contribution in [0, 0.1) is 0 Å². The van der Waals surface area contributed by atoms with Gasteiger partial charge in [0.15, 0.2) is 0 Å². The quantitative estimate of drug-likeness (QED) is 0.198. The number of nitrogens with zero attached hydrogens (tertiary/aromatic N) is 2. The van der Waals surface area contributed by atoms with Gasteiger partial charge < -0.3 is 9.88 Å². The van der Waals surface area contributed by atoms with E-state index in [1.54, 1.807) is 0 Å². The largest absolute Gasteiger partial charge is 0.367 e. The van der Waals surface area contributed by atoms with Crippen LogP contribution < -0.4 is 5.32 Å². The normalized spacial score (nSPS) is 12.7. The Morgan fingerprint density at radius 1 is 0.471 bits per heavy atom. The second-order valence-electron chi connectivity index (χ2n) is 13.4. The molecule has 0 bridgehead atoms. The second-order valence-corrected chi connectivity index (χ2v) is 14.4. The molecule has 0 unspecified atom stereocenters. The van der Waals surface area contributed by atoms with Crippen molar-refractivity contribution in [2.24, 2.45) is 0 Å². The molecule has 4 heterocycles. The molecule has 0 aliphatic carbocycles. The number of anilines is 1. The minimum absolute atomic E-state index is 0.824. The molecule has 0 amide bonds. The molecule has 0 fully saturated rings. The Bertz CT molecular complexity index is 3040. The van der Waals surface area contributed by atoms with Crippen molar-refractivity contribution in [3.8, 4) is 33.6 Å². The van der Waals surface area contributed by atoms with Gasteiger partial charge in [-0.2, -0.15) is 0 Å². The molecule has 3 aromatic heterocycles. The Balaban J connectivity index is 1.05. The summed E-state index contributed by atoms with van der Waals surface area (Å²) in [6.45, 7) is 0.824. The summed E-state index contributed by atoms with van der Waals surface area (Å²) < 4.78 is 7.48. The van der Waals surface area contributed by atoms with Gasteiger partial charge in [0.05, 0.1) is 16.6 Å². The highest BCUT2D eigenvalue weighted by Gasteiger charge is 2.20. The summed E-state index contributed by atoms with van der Waals surface area (Å²) in [4.78, 5) is 0. The fraction of sp³-hybridized carbons (Fsp3) is 0.0213. The number of aromatic nitrogens is 2. The summed E-state index contributed by atoms with van der Waals surface area (Å²) in [7, 11) is 0. The van der Waals surface area contributed by atoms with Crippen molar-refractivity contribution in [2.45, 2.75) is 0 Å². The maximum absolute atomic E-state index is 3.66. The molecule has 1 aliphatic rings. The average Bonchev–Trinajstić information content (AvgIpc) is 3.86. The lowest BCUT2D eigenvalue weighted by Gasteiger charge is -2.15. The summed E-state index contributed by atoms with van der Waals surface area (Å²) in [6, 6.07) is 57.9. The molecule has 51 heavy (non-hydrogen) atoms. The molecule has 0 saturated heterocycles. The third-order valence-corrected chi connectivity index (χ3v) is 11.7. The smallest absolute Gasteiger partial charge is 0.119 e. The zero-order valence-corrected chi connectivity index (χ0v) is 28.5. The topological polar surface area (TPSA) is 21.9 Å². The first-order valence-corrected chi connectivity index (χ1v) is 18.3. The molecule has 7 aromatic carbocycles. The van der Waals surface area contributed by atoms with Gasteiger partial charge in [0.2, 0.25) is 0 Å². The summed E-state index contributed by atoms with van der Waals surface area (Å²) >= 11 is 1.88. The van der Waals surface area contributed by atoms with Gasteiger partial charge >= 0.3 is 0 Å². The van der Waals surface area contributed by atoms with Crippen molar-refractivity contribution in [1.82, 2.24) is 9.13 Å². The number of fused-ring (bicyclic) bond motifs is 9. The van der Waals surface area contributed by atoms with Crippen LogP contribution >= 0.6 is 11.3 Å². The summed E-state index contributed by atoms with van der Waals surface area (Å²) in [5.41, 5.74) is 12.1. The van der Waals surface area contributed by atoms with Crippen molar-refractivity contribution in [3.63, 3.8) is 0 Å². The van der Waals surface area contributed by atoms with E-state index in [1.165, 1.54) is 80.7 Å². The van der Waals surface area contributed by atoms with Gasteiger partial charge in [-0.05, 0) is 76.9 Å². The van der Waals surface area contributed by atoms with Gasteiger partial charge in [-0.25, -0.2) is 0 Å². The highest BCUT2D eigenvalue weighted by atomic mass is 32.1. The van der Waals surface area contributed by atoms with Gasteiger partial charge in [0, 0.05) is 59.8 Å². The summed E-state index contributed by atoms with van der Waals surface area (Å²) in [6.07, 6.45) is 4.45. The van der Waals surface area contributed by atoms with Gasteiger partial charge in [-0.3, -0.25) is 4.57 Å². The highest BCUT2D eigenvalue weighted by molar-refractivity contribution is 7.26. The molecule has 10 aromatic rings. The maximum atomic E-state index is 3.66. The SMILES string of the molecule is C1=Cc2c(n(-c3ccc4c(c3)c3ccccc3n4-c3cccc(-c4cccc(-c5cccc6c5sc5ccccc56)c4)c3)c3ccccc23)NC1. The van der Waals surface area contributed by atoms with Crippen LogP contribution in [0.3, 0.4) is 0 Å². The fourth-order valence-electron chi connectivity index (χ4n) is 8.25. The predicted octanol–water partition coefficient (Wildman–Crippen LogP) is 12.9. The Morgan fingerprint density at radius 2 is 1.14 bits per heavy atom. The first kappa shape index (κ1) is 28.5. The van der Waals surface area contributed by atoms with Crippen molar-refractivity contribution in [1.29, 1.82) is 0 Å². The van der Waals surface area contributed by atoms with E-state index >= 15 is 0 Å². The average molecular weight is 670 g/mol. The van der Waals surface area contributed by atoms with E-state index in [0.29, 0.717) is 0 Å². The summed E-state index contributed by atoms with van der Waals surface area (Å²) in [5, 5.41) is 10.1. The molecule has 0 spiro atoms. The third-order valence-electron chi connectivity index (χ3n) is 10.5. The maximum Gasteiger partial charge on any atom is 0.119 e. The molecule has 0 atom stereocenters. The number of thiophene rings is 1. The van der Waals surface area contributed by atoms with E-state index in [2.05, 4.69) is 184 Å². The van der Waals surface area contributed by atoms with E-state index in [-0.39, 0.29) is 0 Å². The van der Waals surface area contributed by atoms with E-state index in [9.17, 15) is 0 Å². The molecular weight excluding hydrogens is 639 g/mol. The Labute approximate surface area is 298 Å². The number of para-hydroxylation sites is 2. The van der Waals surface area contributed by atoms with E-state index < -0.39 is 0 Å². The van der Waals surface area contributed by atoms with Gasteiger partial charge in [0.1, 0.15) is 5.82 Å². The zero-order chi connectivity index (χ0) is 33.5. The van der Waals surface area contributed by atoms with Crippen LogP contribution in [0.15, 0.2) is 164 Å². The van der Waals surface area contributed by atoms with Crippen LogP contribution in [0.1, 0.15) is 5.56 Å². The van der Waals surface area contributed by atoms with E-state index in [4.69, 9.17) is 0 Å². The monoisotopic (exact) mass is 669 g/mol. The zero-order valence-electron chi connectivity index (χ0n) is 27.7.